The quantitative estimate of drug-likeness (QED) is 0.697. The van der Waals surface area contributed by atoms with Crippen LogP contribution in [0.2, 0.25) is 0 Å². The fourth-order valence-corrected chi connectivity index (χ4v) is 1.68. The molecule has 0 fully saturated rings. The van der Waals surface area contributed by atoms with Gasteiger partial charge in [-0.2, -0.15) is 0 Å². The molecule has 0 aromatic carbocycles. The average molecular weight is 246 g/mol. The standard InChI is InChI=1S/C12H26N2OS/c1-6-11(4)14(7-8-15-5)12(16)13-9-10(2)3/h10-11H,6-9H2,1-5H3,(H,13,16). The van der Waals surface area contributed by atoms with Gasteiger partial charge < -0.3 is 15.0 Å². The van der Waals surface area contributed by atoms with E-state index in [-0.39, 0.29) is 0 Å². The van der Waals surface area contributed by atoms with Gasteiger partial charge in [0.15, 0.2) is 5.11 Å². The number of methoxy groups -OCH3 is 1. The van der Waals surface area contributed by atoms with Crippen molar-refractivity contribution >= 4 is 17.3 Å². The highest BCUT2D eigenvalue weighted by Gasteiger charge is 2.14. The van der Waals surface area contributed by atoms with Crippen molar-refractivity contribution in [3.05, 3.63) is 0 Å². The monoisotopic (exact) mass is 246 g/mol. The Hall–Kier alpha value is -0.350. The largest absolute Gasteiger partial charge is 0.383 e. The van der Waals surface area contributed by atoms with E-state index in [0.717, 1.165) is 24.6 Å². The summed E-state index contributed by atoms with van der Waals surface area (Å²) in [5, 5.41) is 4.16. The second-order valence-corrected chi connectivity index (χ2v) is 4.91. The molecule has 3 nitrogen and oxygen atoms in total. The molecule has 0 heterocycles. The van der Waals surface area contributed by atoms with E-state index >= 15 is 0 Å². The third-order valence-electron chi connectivity index (χ3n) is 2.58. The lowest BCUT2D eigenvalue weighted by Gasteiger charge is -2.31. The molecule has 0 bridgehead atoms. The Bertz CT molecular complexity index is 197. The first-order chi connectivity index (χ1) is 7.52. The number of hydrogen-bond donors (Lipinski definition) is 1. The first-order valence-corrected chi connectivity index (χ1v) is 6.47. The van der Waals surface area contributed by atoms with Crippen LogP contribution in [0.25, 0.3) is 0 Å². The van der Waals surface area contributed by atoms with Gasteiger partial charge in [-0.25, -0.2) is 0 Å². The Balaban J connectivity index is 4.20. The second-order valence-electron chi connectivity index (χ2n) is 4.52. The van der Waals surface area contributed by atoms with Crippen molar-refractivity contribution in [3.63, 3.8) is 0 Å². The van der Waals surface area contributed by atoms with Crippen molar-refractivity contribution in [3.8, 4) is 0 Å². The van der Waals surface area contributed by atoms with Crippen molar-refractivity contribution in [1.29, 1.82) is 0 Å². The summed E-state index contributed by atoms with van der Waals surface area (Å²) in [7, 11) is 1.72. The number of nitrogens with zero attached hydrogens (tertiary/aromatic N) is 1. The topological polar surface area (TPSA) is 24.5 Å². The summed E-state index contributed by atoms with van der Waals surface area (Å²) in [5.74, 6) is 0.610. The van der Waals surface area contributed by atoms with Crippen LogP contribution in [0.4, 0.5) is 0 Å². The predicted molar refractivity (Wildman–Crippen MR) is 73.8 cm³/mol. The maximum Gasteiger partial charge on any atom is 0.169 e. The molecule has 0 aromatic heterocycles. The summed E-state index contributed by atoms with van der Waals surface area (Å²) in [6.45, 7) is 11.2. The van der Waals surface area contributed by atoms with E-state index in [4.69, 9.17) is 17.0 Å². The molecule has 0 aromatic rings. The maximum absolute atomic E-state index is 5.41. The van der Waals surface area contributed by atoms with E-state index in [2.05, 4.69) is 37.9 Å². The number of hydrogen-bond acceptors (Lipinski definition) is 2. The van der Waals surface area contributed by atoms with Gasteiger partial charge >= 0.3 is 0 Å². The van der Waals surface area contributed by atoms with Gasteiger partial charge in [-0.1, -0.05) is 20.8 Å². The molecule has 16 heavy (non-hydrogen) atoms. The molecule has 0 aliphatic heterocycles. The van der Waals surface area contributed by atoms with E-state index in [1.54, 1.807) is 7.11 Å². The fraction of sp³-hybridized carbons (Fsp3) is 0.917. The summed E-state index contributed by atoms with van der Waals surface area (Å²) in [5.41, 5.74) is 0. The fourth-order valence-electron chi connectivity index (χ4n) is 1.33. The zero-order valence-electron chi connectivity index (χ0n) is 11.2. The minimum absolute atomic E-state index is 0.460. The summed E-state index contributed by atoms with van der Waals surface area (Å²) >= 11 is 5.41. The average Bonchev–Trinajstić information content (AvgIpc) is 2.26. The molecular formula is C12H26N2OS. The Labute approximate surface area is 106 Å². The van der Waals surface area contributed by atoms with Gasteiger partial charge in [-0.3, -0.25) is 0 Å². The smallest absolute Gasteiger partial charge is 0.169 e. The van der Waals surface area contributed by atoms with Crippen LogP contribution in [0.15, 0.2) is 0 Å². The van der Waals surface area contributed by atoms with Gasteiger partial charge in [-0.15, -0.1) is 0 Å². The van der Waals surface area contributed by atoms with Gasteiger partial charge in [-0.05, 0) is 31.5 Å². The third kappa shape index (κ3) is 6.28. The van der Waals surface area contributed by atoms with E-state index in [9.17, 15) is 0 Å². The summed E-state index contributed by atoms with van der Waals surface area (Å²) in [6, 6.07) is 0.460. The highest BCUT2D eigenvalue weighted by atomic mass is 32.1. The van der Waals surface area contributed by atoms with Gasteiger partial charge in [0.1, 0.15) is 0 Å². The van der Waals surface area contributed by atoms with Crippen molar-refractivity contribution < 1.29 is 4.74 Å². The molecule has 0 amide bonds. The van der Waals surface area contributed by atoms with Gasteiger partial charge in [0.2, 0.25) is 0 Å². The molecule has 0 spiro atoms. The van der Waals surface area contributed by atoms with Crippen molar-refractivity contribution in [1.82, 2.24) is 10.2 Å². The lowest BCUT2D eigenvalue weighted by atomic mass is 10.2. The molecular weight excluding hydrogens is 220 g/mol. The molecule has 0 radical (unpaired) electrons. The minimum atomic E-state index is 0.460. The Morgan fingerprint density at radius 3 is 2.44 bits per heavy atom. The van der Waals surface area contributed by atoms with Gasteiger partial charge in [0, 0.05) is 26.2 Å². The molecule has 1 unspecified atom stereocenters. The van der Waals surface area contributed by atoms with Crippen LogP contribution >= 0.6 is 12.2 Å². The van der Waals surface area contributed by atoms with Gasteiger partial charge in [0.25, 0.3) is 0 Å². The van der Waals surface area contributed by atoms with E-state index in [0.29, 0.717) is 18.6 Å². The normalized spacial score (nSPS) is 12.6. The SMILES string of the molecule is CCC(C)N(CCOC)C(=S)NCC(C)C. The second kappa shape index (κ2) is 8.76. The number of nitrogens with one attached hydrogen (secondary N) is 1. The number of ether oxygens (including phenoxy) is 1. The first-order valence-electron chi connectivity index (χ1n) is 6.06. The molecule has 4 heteroatoms. The predicted octanol–water partition coefficient (Wildman–Crippen LogP) is 2.26. The molecule has 0 aliphatic rings. The highest BCUT2D eigenvalue weighted by Crippen LogP contribution is 2.04. The zero-order valence-corrected chi connectivity index (χ0v) is 12.1. The van der Waals surface area contributed by atoms with Crippen LogP contribution in [-0.4, -0.2) is 42.9 Å². The Morgan fingerprint density at radius 2 is 2.00 bits per heavy atom. The van der Waals surface area contributed by atoms with Crippen molar-refractivity contribution in [2.45, 2.75) is 40.2 Å². The van der Waals surface area contributed by atoms with Crippen LogP contribution in [-0.2, 0) is 4.74 Å². The minimum Gasteiger partial charge on any atom is -0.383 e. The van der Waals surface area contributed by atoms with Crippen LogP contribution in [0, 0.1) is 5.92 Å². The molecule has 96 valence electrons. The number of rotatable bonds is 7. The Morgan fingerprint density at radius 1 is 1.38 bits per heavy atom. The Kier molecular flexibility index (Phi) is 8.57. The molecule has 0 saturated carbocycles. The van der Waals surface area contributed by atoms with Crippen molar-refractivity contribution in [2.24, 2.45) is 5.92 Å². The van der Waals surface area contributed by atoms with Crippen LogP contribution in [0.5, 0.6) is 0 Å². The van der Waals surface area contributed by atoms with Gasteiger partial charge in [0.05, 0.1) is 6.61 Å². The van der Waals surface area contributed by atoms with Crippen LogP contribution in [0.3, 0.4) is 0 Å². The molecule has 1 N–H and O–H groups in total. The van der Waals surface area contributed by atoms with E-state index in [1.807, 2.05) is 0 Å². The highest BCUT2D eigenvalue weighted by molar-refractivity contribution is 7.80. The van der Waals surface area contributed by atoms with E-state index in [1.165, 1.54) is 0 Å². The summed E-state index contributed by atoms with van der Waals surface area (Å²) < 4.78 is 5.11. The summed E-state index contributed by atoms with van der Waals surface area (Å²) in [4.78, 5) is 2.21. The lowest BCUT2D eigenvalue weighted by molar-refractivity contribution is 0.162. The molecule has 1 atom stereocenters. The lowest BCUT2D eigenvalue weighted by Crippen LogP contribution is -2.47. The molecule has 0 aliphatic carbocycles. The third-order valence-corrected chi connectivity index (χ3v) is 2.96. The summed E-state index contributed by atoms with van der Waals surface area (Å²) in [6.07, 6.45) is 1.09. The number of thiocarbonyl (C=S) groups is 1. The molecule has 0 rings (SSSR count). The van der Waals surface area contributed by atoms with Crippen LogP contribution in [0.1, 0.15) is 34.1 Å². The maximum atomic E-state index is 5.41. The zero-order chi connectivity index (χ0) is 12.6. The first kappa shape index (κ1) is 15.7. The van der Waals surface area contributed by atoms with Crippen molar-refractivity contribution in [2.75, 3.05) is 26.8 Å². The molecule has 0 saturated heterocycles. The van der Waals surface area contributed by atoms with E-state index < -0.39 is 0 Å². The van der Waals surface area contributed by atoms with Crippen LogP contribution < -0.4 is 5.32 Å².